The van der Waals surface area contributed by atoms with E-state index >= 15 is 0 Å². The minimum atomic E-state index is 0.0379. The fourth-order valence-electron chi connectivity index (χ4n) is 1.03. The number of carbonyl (C=O) groups excluding carboxylic acids is 1. The van der Waals surface area contributed by atoms with E-state index < -0.39 is 0 Å². The average Bonchev–Trinajstić information content (AvgIpc) is 2.22. The van der Waals surface area contributed by atoms with Crippen LogP contribution in [0.4, 0.5) is 5.69 Å². The summed E-state index contributed by atoms with van der Waals surface area (Å²) in [4.78, 5) is 11.7. The lowest BCUT2D eigenvalue weighted by Crippen LogP contribution is -2.19. The Bertz CT molecular complexity index is 366. The van der Waals surface area contributed by atoms with Crippen molar-refractivity contribution in [3.63, 3.8) is 0 Å². The molecule has 0 aliphatic rings. The third-order valence-electron chi connectivity index (χ3n) is 2.25. The van der Waals surface area contributed by atoms with Gasteiger partial charge in [0.15, 0.2) is 0 Å². The number of hydrogen-bond donors (Lipinski definition) is 1. The van der Waals surface area contributed by atoms with Gasteiger partial charge in [0.25, 0.3) is 0 Å². The third kappa shape index (κ3) is 3.61. The number of halogens is 2. The fraction of sp³-hybridized carbons (Fsp3) is 0.364. The summed E-state index contributed by atoms with van der Waals surface area (Å²) < 4.78 is 1.84. The lowest BCUT2D eigenvalue weighted by molar-refractivity contribution is -0.119. The Labute approximate surface area is 107 Å². The highest BCUT2D eigenvalue weighted by Crippen LogP contribution is 2.26. The van der Waals surface area contributed by atoms with E-state index in [9.17, 15) is 4.79 Å². The van der Waals surface area contributed by atoms with Gasteiger partial charge >= 0.3 is 0 Å². The van der Waals surface area contributed by atoms with E-state index in [0.717, 1.165) is 21.1 Å². The van der Waals surface area contributed by atoms with Gasteiger partial charge in [0.1, 0.15) is 0 Å². The highest BCUT2D eigenvalue weighted by molar-refractivity contribution is 9.11. The molecule has 1 aromatic rings. The topological polar surface area (TPSA) is 29.1 Å². The molecule has 0 radical (unpaired) electrons. The molecule has 0 aromatic heterocycles. The molecule has 0 spiro atoms. The van der Waals surface area contributed by atoms with Crippen LogP contribution in [0.25, 0.3) is 0 Å². The fourth-order valence-corrected chi connectivity index (χ4v) is 1.74. The summed E-state index contributed by atoms with van der Waals surface area (Å²) in [7, 11) is 0. The smallest absolute Gasteiger partial charge is 0.227 e. The van der Waals surface area contributed by atoms with Gasteiger partial charge in [0, 0.05) is 14.9 Å². The number of amides is 1. The van der Waals surface area contributed by atoms with Crippen LogP contribution in [0.1, 0.15) is 20.3 Å². The summed E-state index contributed by atoms with van der Waals surface area (Å²) in [5, 5.41) is 2.89. The van der Waals surface area contributed by atoms with Gasteiger partial charge in [0.05, 0.1) is 5.69 Å². The number of anilines is 1. The highest BCUT2D eigenvalue weighted by atomic mass is 79.9. The predicted molar refractivity (Wildman–Crippen MR) is 69.9 cm³/mol. The molecule has 1 N–H and O–H groups in total. The summed E-state index contributed by atoms with van der Waals surface area (Å²) in [6, 6.07) is 5.70. The first-order chi connectivity index (χ1) is 7.04. The lowest BCUT2D eigenvalue weighted by Gasteiger charge is -2.11. The van der Waals surface area contributed by atoms with Crippen LogP contribution in [0.15, 0.2) is 27.1 Å². The molecule has 0 fully saturated rings. The molecular formula is C11H13Br2NO. The molecule has 1 unspecified atom stereocenters. The molecule has 1 atom stereocenters. The monoisotopic (exact) mass is 333 g/mol. The molecule has 0 aliphatic heterocycles. The van der Waals surface area contributed by atoms with Crippen LogP contribution < -0.4 is 5.32 Å². The summed E-state index contributed by atoms with van der Waals surface area (Å²) >= 11 is 6.76. The molecule has 1 aromatic carbocycles. The molecule has 82 valence electrons. The second-order valence-corrected chi connectivity index (χ2v) is 5.19. The van der Waals surface area contributed by atoms with Gasteiger partial charge in [-0.1, -0.05) is 29.8 Å². The first kappa shape index (κ1) is 12.7. The number of nitrogens with one attached hydrogen (secondary N) is 1. The predicted octanol–water partition coefficient (Wildman–Crippen LogP) is 4.20. The van der Waals surface area contributed by atoms with Crippen molar-refractivity contribution in [2.45, 2.75) is 20.3 Å². The van der Waals surface area contributed by atoms with Crippen LogP contribution >= 0.6 is 31.9 Å². The molecule has 0 saturated heterocycles. The van der Waals surface area contributed by atoms with Crippen LogP contribution in [-0.2, 0) is 4.79 Å². The molecule has 0 saturated carbocycles. The van der Waals surface area contributed by atoms with E-state index in [1.807, 2.05) is 32.0 Å². The third-order valence-corrected chi connectivity index (χ3v) is 3.43. The average molecular weight is 335 g/mol. The molecule has 4 heteroatoms. The molecule has 1 rings (SSSR count). The van der Waals surface area contributed by atoms with Gasteiger partial charge in [-0.25, -0.2) is 0 Å². The van der Waals surface area contributed by atoms with Crippen LogP contribution in [-0.4, -0.2) is 5.91 Å². The Kier molecular flexibility index (Phi) is 4.80. The quantitative estimate of drug-likeness (QED) is 0.882. The van der Waals surface area contributed by atoms with Crippen molar-refractivity contribution in [3.05, 3.63) is 27.1 Å². The molecule has 0 heterocycles. The van der Waals surface area contributed by atoms with Crippen molar-refractivity contribution in [2.75, 3.05) is 5.32 Å². The zero-order valence-electron chi connectivity index (χ0n) is 8.68. The molecule has 1 amide bonds. The minimum absolute atomic E-state index is 0.0379. The second-order valence-electron chi connectivity index (χ2n) is 3.42. The standard InChI is InChI=1S/C11H13Br2NO/c1-3-7(2)11(15)14-10-6-8(12)4-5-9(10)13/h4-7H,3H2,1-2H3,(H,14,15). The SMILES string of the molecule is CCC(C)C(=O)Nc1cc(Br)ccc1Br. The van der Waals surface area contributed by atoms with Crippen LogP contribution in [0.2, 0.25) is 0 Å². The maximum absolute atomic E-state index is 11.7. The largest absolute Gasteiger partial charge is 0.325 e. The van der Waals surface area contributed by atoms with E-state index in [4.69, 9.17) is 0 Å². The summed E-state index contributed by atoms with van der Waals surface area (Å²) in [5.41, 5.74) is 0.801. The maximum atomic E-state index is 11.7. The molecule has 2 nitrogen and oxygen atoms in total. The Hall–Kier alpha value is -0.350. The Balaban J connectivity index is 2.80. The highest BCUT2D eigenvalue weighted by Gasteiger charge is 2.11. The van der Waals surface area contributed by atoms with Gasteiger partial charge in [-0.05, 0) is 40.5 Å². The Morgan fingerprint density at radius 1 is 1.47 bits per heavy atom. The second kappa shape index (κ2) is 5.66. The first-order valence-corrected chi connectivity index (χ1v) is 6.39. The van der Waals surface area contributed by atoms with Gasteiger partial charge in [0.2, 0.25) is 5.91 Å². The summed E-state index contributed by atoms with van der Waals surface area (Å²) in [6.07, 6.45) is 0.845. The maximum Gasteiger partial charge on any atom is 0.227 e. The van der Waals surface area contributed by atoms with E-state index in [1.54, 1.807) is 0 Å². The number of rotatable bonds is 3. The van der Waals surface area contributed by atoms with Crippen molar-refractivity contribution < 1.29 is 4.79 Å². The van der Waals surface area contributed by atoms with E-state index in [1.165, 1.54) is 0 Å². The van der Waals surface area contributed by atoms with Crippen LogP contribution in [0.5, 0.6) is 0 Å². The van der Waals surface area contributed by atoms with Crippen molar-refractivity contribution in [1.29, 1.82) is 0 Å². The lowest BCUT2D eigenvalue weighted by atomic mass is 10.1. The van der Waals surface area contributed by atoms with Crippen molar-refractivity contribution in [1.82, 2.24) is 0 Å². The number of hydrogen-bond acceptors (Lipinski definition) is 1. The van der Waals surface area contributed by atoms with E-state index in [-0.39, 0.29) is 11.8 Å². The molecule has 15 heavy (non-hydrogen) atoms. The van der Waals surface area contributed by atoms with Crippen molar-refractivity contribution in [3.8, 4) is 0 Å². The minimum Gasteiger partial charge on any atom is -0.325 e. The van der Waals surface area contributed by atoms with Gasteiger partial charge in [-0.2, -0.15) is 0 Å². The zero-order chi connectivity index (χ0) is 11.4. The van der Waals surface area contributed by atoms with Crippen molar-refractivity contribution >= 4 is 43.5 Å². The molecule has 0 aliphatic carbocycles. The van der Waals surface area contributed by atoms with Gasteiger partial charge in [-0.3, -0.25) is 4.79 Å². The number of benzene rings is 1. The van der Waals surface area contributed by atoms with E-state index in [0.29, 0.717) is 0 Å². The normalized spacial score (nSPS) is 12.3. The van der Waals surface area contributed by atoms with Gasteiger partial charge in [-0.15, -0.1) is 0 Å². The van der Waals surface area contributed by atoms with Crippen LogP contribution in [0.3, 0.4) is 0 Å². The Morgan fingerprint density at radius 2 is 2.13 bits per heavy atom. The van der Waals surface area contributed by atoms with Crippen molar-refractivity contribution in [2.24, 2.45) is 5.92 Å². The van der Waals surface area contributed by atoms with Gasteiger partial charge < -0.3 is 5.32 Å². The zero-order valence-corrected chi connectivity index (χ0v) is 11.9. The first-order valence-electron chi connectivity index (χ1n) is 4.80. The summed E-state index contributed by atoms with van der Waals surface area (Å²) in [6.45, 7) is 3.92. The summed E-state index contributed by atoms with van der Waals surface area (Å²) in [5.74, 6) is 0.0900. The van der Waals surface area contributed by atoms with Crippen LogP contribution in [0, 0.1) is 5.92 Å². The molecular weight excluding hydrogens is 322 g/mol. The Morgan fingerprint density at radius 3 is 2.73 bits per heavy atom. The molecule has 0 bridgehead atoms. The number of carbonyl (C=O) groups is 1. The van der Waals surface area contributed by atoms with E-state index in [2.05, 4.69) is 37.2 Å².